The van der Waals surface area contributed by atoms with E-state index in [0.717, 1.165) is 125 Å². The average molecular weight is 1990 g/mol. The molecule has 0 bridgehead atoms. The van der Waals surface area contributed by atoms with Crippen molar-refractivity contribution in [1.29, 1.82) is 0 Å². The van der Waals surface area contributed by atoms with Crippen molar-refractivity contribution in [2.75, 3.05) is 25.4 Å². The minimum Gasteiger partial charge on any atom is -0.493 e. The number of hydrogen-bond acceptors (Lipinski definition) is 18. The fourth-order valence-corrected chi connectivity index (χ4v) is 12.6. The van der Waals surface area contributed by atoms with Crippen molar-refractivity contribution in [3.05, 3.63) is 427 Å². The molecule has 4 aliphatic heterocycles. The summed E-state index contributed by atoms with van der Waals surface area (Å²) in [4.78, 5) is 46.1. The molecule has 22 heteroatoms. The number of imidazole rings is 2. The predicted octanol–water partition coefficient (Wildman–Crippen LogP) is 36.4. The van der Waals surface area contributed by atoms with Gasteiger partial charge in [-0.2, -0.15) is 15.3 Å². The van der Waals surface area contributed by atoms with Crippen molar-refractivity contribution in [2.24, 2.45) is 10.2 Å². The lowest BCUT2D eigenvalue weighted by molar-refractivity contribution is 0.174. The standard InChI is InChI=1S/C9H7N.C9H6O2.C9H10.C8H8O.C8H6O.4C7H6N2.C7H5NO2.C7H7NO.C7H5NO.C7H6O2.13C2H6/c1-2-6-9-8(4-1)5-3-7-10-9;10-9-6-5-7-3-1-2-4-8(7)11-9;1-2-5-9-7-3-6-8(9)4-1;2*1-2-4-8-7(3-1)5-6-9-8;2*1-2-4-7-6(3-1)8-5-9-7;2*1-2-4-7-6(3-1)5-8-9-7;9-7-8-5-3-1-2-4-6(5)10-7;3*1-2-4-7-6(3-1)8-5-9-7;13*1-2/h1-7H;1-6H;1-2,4-5H,3,6-7H2;1-4H,5-6H2;1-6H;2*1-5H,(H,8,9);1-4H,5H2;1-5H,(H,8,9);1-4H,(H,8,9);1-4,8H,5H2;1-5H;1-4H,5H2;13*1-2H3. The number of anilines is 1. The summed E-state index contributed by atoms with van der Waals surface area (Å²) in [7, 11) is 0. The Morgan fingerprint density at radius 3 is 1.27 bits per heavy atom. The van der Waals surface area contributed by atoms with Crippen LogP contribution in [0.5, 0.6) is 23.0 Å². The monoisotopic (exact) mass is 1990 g/mol. The summed E-state index contributed by atoms with van der Waals surface area (Å²) in [6, 6.07) is 112. The van der Waals surface area contributed by atoms with Crippen LogP contribution in [0.1, 0.15) is 209 Å². The molecular weight excluding hydrogens is 1830 g/mol. The molecule has 0 radical (unpaired) electrons. The van der Waals surface area contributed by atoms with E-state index in [1.165, 1.54) is 48.2 Å². The fraction of sp³-hybridized carbons (Fsp3) is 0.272. The van der Waals surface area contributed by atoms with Crippen LogP contribution in [0, 0.1) is 0 Å². The van der Waals surface area contributed by atoms with Gasteiger partial charge in [0, 0.05) is 45.8 Å². The largest absolute Gasteiger partial charge is 0.493 e. The number of benzene rings is 13. The van der Waals surface area contributed by atoms with Gasteiger partial charge in [-0.05, 0) is 163 Å². The van der Waals surface area contributed by atoms with Crippen LogP contribution in [0.3, 0.4) is 0 Å². The number of oxazole rings is 2. The number of nitrogens with zero attached hydrogens (tertiary/aromatic N) is 7. The number of aromatic nitrogens is 9. The molecule has 5 aliphatic rings. The highest BCUT2D eigenvalue weighted by Crippen LogP contribution is 2.31. The van der Waals surface area contributed by atoms with Crippen LogP contribution in [0.25, 0.3) is 88.0 Å². The summed E-state index contributed by atoms with van der Waals surface area (Å²) in [5.74, 6) is 3.31. The number of nitrogens with one attached hydrogen (secondary N) is 5. The van der Waals surface area contributed by atoms with Crippen molar-refractivity contribution >= 4 is 99.4 Å². The first-order valence-electron chi connectivity index (χ1n) is 52.1. The van der Waals surface area contributed by atoms with Gasteiger partial charge in [0.1, 0.15) is 28.2 Å². The molecule has 1 aliphatic carbocycles. The number of azo groups is 1. The maximum atomic E-state index is 10.7. The third-order valence-electron chi connectivity index (χ3n) is 18.6. The molecule has 0 atom stereocenters. The lowest BCUT2D eigenvalue weighted by Gasteiger charge is -1.93. The van der Waals surface area contributed by atoms with Gasteiger partial charge in [0.2, 0.25) is 6.79 Å². The number of para-hydroxylation sites is 17. The molecule has 147 heavy (non-hydrogen) atoms. The van der Waals surface area contributed by atoms with Gasteiger partial charge in [-0.15, -0.1) is 0 Å². The Kier molecular flexibility index (Phi) is 74.8. The average Bonchev–Trinajstić information content (AvgIpc) is 1.57. The zero-order chi connectivity index (χ0) is 109. The van der Waals surface area contributed by atoms with Crippen LogP contribution in [-0.4, -0.2) is 65.2 Å². The van der Waals surface area contributed by atoms with E-state index in [4.69, 9.17) is 36.6 Å². The highest BCUT2D eigenvalue weighted by Gasteiger charge is 2.12. The first-order valence-corrected chi connectivity index (χ1v) is 52.1. The number of H-pyrrole nitrogens is 4. The number of pyridine rings is 1. The van der Waals surface area contributed by atoms with Crippen molar-refractivity contribution < 1.29 is 36.6 Å². The Bertz CT molecular complexity index is 5950. The zero-order valence-electron chi connectivity index (χ0n) is 91.7. The molecule has 0 amide bonds. The van der Waals surface area contributed by atoms with E-state index in [1.54, 1.807) is 54.3 Å². The second kappa shape index (κ2) is 85.4. The highest BCUT2D eigenvalue weighted by molar-refractivity contribution is 5.80. The van der Waals surface area contributed by atoms with Crippen LogP contribution >= 0.6 is 0 Å². The summed E-state index contributed by atoms with van der Waals surface area (Å²) in [5, 5.41) is 22.1. The van der Waals surface area contributed by atoms with Gasteiger partial charge in [0.05, 0.1) is 88.3 Å². The van der Waals surface area contributed by atoms with E-state index in [-0.39, 0.29) is 5.63 Å². The molecule has 0 fully saturated rings. The molecule has 22 nitrogen and oxygen atoms in total. The van der Waals surface area contributed by atoms with E-state index >= 15 is 0 Å². The lowest BCUT2D eigenvalue weighted by atomic mass is 10.1. The molecule has 21 aromatic rings. The van der Waals surface area contributed by atoms with Crippen molar-refractivity contribution in [1.82, 2.24) is 45.1 Å². The maximum Gasteiger partial charge on any atom is 0.417 e. The van der Waals surface area contributed by atoms with E-state index in [0.29, 0.717) is 24.7 Å². The molecular formula is C125H162N12O10. The minimum atomic E-state index is -0.402. The number of ether oxygens (including phenoxy) is 4. The van der Waals surface area contributed by atoms with Crippen LogP contribution in [0.15, 0.2) is 421 Å². The first-order chi connectivity index (χ1) is 72.8. The highest BCUT2D eigenvalue weighted by atomic mass is 16.7. The topological polar surface area (TPSA) is 288 Å². The summed E-state index contributed by atoms with van der Waals surface area (Å²) in [6.07, 6.45) is 15.2. The third kappa shape index (κ3) is 47.7. The van der Waals surface area contributed by atoms with E-state index in [1.807, 2.05) is 459 Å². The molecule has 13 aromatic carbocycles. The Labute approximate surface area is 873 Å². The van der Waals surface area contributed by atoms with E-state index in [2.05, 4.69) is 109 Å². The molecule has 8 aromatic heterocycles. The fourth-order valence-electron chi connectivity index (χ4n) is 12.6. The van der Waals surface area contributed by atoms with E-state index < -0.39 is 5.76 Å². The Morgan fingerprint density at radius 1 is 0.299 bits per heavy atom. The first kappa shape index (κ1) is 129. The number of aromatic amines is 4. The Morgan fingerprint density at radius 2 is 0.741 bits per heavy atom. The second-order valence-corrected chi connectivity index (χ2v) is 26.7. The van der Waals surface area contributed by atoms with Crippen LogP contribution in [-0.2, 0) is 25.8 Å². The Hall–Kier alpha value is -16.2. The van der Waals surface area contributed by atoms with Crippen molar-refractivity contribution in [3.63, 3.8) is 0 Å². The molecule has 26 rings (SSSR count). The molecule has 0 spiro atoms. The number of aryl methyl sites for hydroxylation is 2. The van der Waals surface area contributed by atoms with Gasteiger partial charge in [-0.25, -0.2) is 24.5 Å². The van der Waals surface area contributed by atoms with Crippen LogP contribution in [0.4, 0.5) is 11.4 Å². The molecule has 12 heterocycles. The van der Waals surface area contributed by atoms with Crippen LogP contribution < -0.4 is 35.6 Å². The third-order valence-corrected chi connectivity index (χ3v) is 18.6. The molecule has 782 valence electrons. The van der Waals surface area contributed by atoms with Gasteiger partial charge in [-0.3, -0.25) is 15.1 Å². The van der Waals surface area contributed by atoms with Crippen molar-refractivity contribution in [3.8, 4) is 23.0 Å². The van der Waals surface area contributed by atoms with Crippen molar-refractivity contribution in [2.45, 2.75) is 212 Å². The van der Waals surface area contributed by atoms with Gasteiger partial charge in [-0.1, -0.05) is 392 Å². The van der Waals surface area contributed by atoms with Crippen LogP contribution in [0.2, 0.25) is 0 Å². The molecule has 5 N–H and O–H groups in total. The summed E-state index contributed by atoms with van der Waals surface area (Å²) in [6.45, 7) is 54.6. The number of hydrogen-bond donors (Lipinski definition) is 5. The van der Waals surface area contributed by atoms with Gasteiger partial charge in [0.15, 0.2) is 35.8 Å². The summed E-state index contributed by atoms with van der Waals surface area (Å²) >= 11 is 0. The SMILES string of the molecule is CC.CC.CC.CC.CC.CC.CC.CC.CC.CC.CC.CC.CC.O=c1[nH]c2ccccc2o1.O=c1ccc2ccccc2o1.c1ccc2[nH]cnc2c1.c1ccc2[nH]cnc2c1.c1ccc2[nH]ncc2c1.c1ccc2c(c1)CCC2.c1ccc2c(c1)CCO2.c1ccc2c(c1)CN=N2.c1ccc2c(c1)NCO2.c1ccc2c(c1)OCO2.c1ccc2ncccc2c1.c1ccc2occc2c1.c1ccc2ocnc2c1. The maximum absolute atomic E-state index is 10.7. The van der Waals surface area contributed by atoms with Gasteiger partial charge < -0.3 is 51.9 Å². The molecule has 0 saturated heterocycles. The van der Waals surface area contributed by atoms with E-state index in [9.17, 15) is 9.59 Å². The quantitative estimate of drug-likeness (QED) is 0.0882. The molecule has 0 saturated carbocycles. The number of furan rings is 1. The Balaban J connectivity index is 0.000000781. The molecule has 0 unspecified atom stereocenters. The van der Waals surface area contributed by atoms with Gasteiger partial charge in [0.25, 0.3) is 0 Å². The smallest absolute Gasteiger partial charge is 0.417 e. The second-order valence-electron chi connectivity index (χ2n) is 26.7. The minimum absolute atomic E-state index is 0.302. The number of fused-ring (bicyclic) bond motifs is 13. The number of rotatable bonds is 0. The summed E-state index contributed by atoms with van der Waals surface area (Å²) in [5.41, 5.74) is 18.6. The normalized spacial score (nSPS) is 10.2. The van der Waals surface area contributed by atoms with Gasteiger partial charge >= 0.3 is 11.4 Å². The lowest BCUT2D eigenvalue weighted by Crippen LogP contribution is -1.96. The zero-order valence-corrected chi connectivity index (χ0v) is 91.7. The summed E-state index contributed by atoms with van der Waals surface area (Å²) < 4.78 is 40.4. The predicted molar refractivity (Wildman–Crippen MR) is 624 cm³/mol.